The van der Waals surface area contributed by atoms with Crippen molar-refractivity contribution in [3.05, 3.63) is 48.0 Å². The summed E-state index contributed by atoms with van der Waals surface area (Å²) in [4.78, 5) is 4.25. The lowest BCUT2D eigenvalue weighted by molar-refractivity contribution is 0.414. The number of aryl methyl sites for hydroxylation is 1. The zero-order valence-electron chi connectivity index (χ0n) is 10.2. The van der Waals surface area contributed by atoms with Crippen molar-refractivity contribution in [2.75, 3.05) is 7.11 Å². The van der Waals surface area contributed by atoms with Crippen LogP contribution in [-0.4, -0.2) is 16.7 Å². The number of nitrogens with one attached hydrogen (secondary N) is 1. The molecule has 1 aromatic heterocycles. The molecule has 0 unspecified atom stereocenters. The lowest BCUT2D eigenvalue weighted by Gasteiger charge is -2.06. The Hall–Kier alpha value is -1.81. The summed E-state index contributed by atoms with van der Waals surface area (Å²) in [6.45, 7) is 1.60. The summed E-state index contributed by atoms with van der Waals surface area (Å²) in [5.74, 6) is 1.93. The highest BCUT2D eigenvalue weighted by atomic mass is 16.5. The molecule has 0 saturated heterocycles. The van der Waals surface area contributed by atoms with Crippen molar-refractivity contribution in [3.8, 4) is 5.75 Å². The fourth-order valence-electron chi connectivity index (χ4n) is 1.63. The van der Waals surface area contributed by atoms with Crippen molar-refractivity contribution in [1.29, 1.82) is 0 Å². The monoisotopic (exact) mass is 231 g/mol. The maximum Gasteiger partial charge on any atom is 0.122 e. The van der Waals surface area contributed by atoms with E-state index in [0.717, 1.165) is 24.7 Å². The number of nitrogens with zero attached hydrogens (tertiary/aromatic N) is 2. The third-order valence-electron chi connectivity index (χ3n) is 2.69. The largest absolute Gasteiger partial charge is 0.497 e. The first kappa shape index (κ1) is 11.7. The summed E-state index contributed by atoms with van der Waals surface area (Å²) >= 11 is 0. The Morgan fingerprint density at radius 3 is 2.59 bits per heavy atom. The van der Waals surface area contributed by atoms with Crippen LogP contribution >= 0.6 is 0 Å². The van der Waals surface area contributed by atoms with E-state index in [-0.39, 0.29) is 0 Å². The predicted octanol–water partition coefficient (Wildman–Crippen LogP) is 1.72. The fourth-order valence-corrected chi connectivity index (χ4v) is 1.63. The zero-order chi connectivity index (χ0) is 12.1. The van der Waals surface area contributed by atoms with Gasteiger partial charge in [0.2, 0.25) is 0 Å². The van der Waals surface area contributed by atoms with Gasteiger partial charge in [0.05, 0.1) is 13.7 Å². The van der Waals surface area contributed by atoms with Crippen LogP contribution < -0.4 is 10.1 Å². The van der Waals surface area contributed by atoms with Crippen molar-refractivity contribution >= 4 is 0 Å². The van der Waals surface area contributed by atoms with Crippen LogP contribution in [0.3, 0.4) is 0 Å². The summed E-state index contributed by atoms with van der Waals surface area (Å²) in [7, 11) is 3.67. The smallest absolute Gasteiger partial charge is 0.122 e. The molecule has 0 aliphatic heterocycles. The van der Waals surface area contributed by atoms with Crippen LogP contribution in [0.2, 0.25) is 0 Å². The first-order valence-electron chi connectivity index (χ1n) is 5.59. The Balaban J connectivity index is 1.83. The molecule has 2 rings (SSSR count). The van der Waals surface area contributed by atoms with E-state index in [9.17, 15) is 0 Å². The molecule has 0 aliphatic carbocycles. The van der Waals surface area contributed by atoms with Gasteiger partial charge in [-0.15, -0.1) is 0 Å². The molecule has 0 amide bonds. The minimum atomic E-state index is 0.773. The van der Waals surface area contributed by atoms with Crippen LogP contribution in [0.15, 0.2) is 36.7 Å². The average molecular weight is 231 g/mol. The topological polar surface area (TPSA) is 39.1 Å². The van der Waals surface area contributed by atoms with E-state index < -0.39 is 0 Å². The van der Waals surface area contributed by atoms with Crippen LogP contribution in [-0.2, 0) is 20.1 Å². The molecule has 0 aliphatic rings. The van der Waals surface area contributed by atoms with Crippen molar-refractivity contribution in [1.82, 2.24) is 14.9 Å². The molecular formula is C13H17N3O. The average Bonchev–Trinajstić information content (AvgIpc) is 2.76. The summed E-state index contributed by atoms with van der Waals surface area (Å²) in [6.07, 6.45) is 3.76. The minimum Gasteiger partial charge on any atom is -0.497 e. The maximum atomic E-state index is 5.11. The third-order valence-corrected chi connectivity index (χ3v) is 2.69. The predicted molar refractivity (Wildman–Crippen MR) is 66.7 cm³/mol. The van der Waals surface area contributed by atoms with Crippen LogP contribution in [0.5, 0.6) is 5.75 Å². The Bertz CT molecular complexity index is 462. The molecule has 4 nitrogen and oxygen atoms in total. The highest BCUT2D eigenvalue weighted by Gasteiger charge is 1.98. The van der Waals surface area contributed by atoms with Gasteiger partial charge in [-0.1, -0.05) is 12.1 Å². The van der Waals surface area contributed by atoms with Crippen molar-refractivity contribution in [3.63, 3.8) is 0 Å². The number of benzene rings is 1. The third kappa shape index (κ3) is 3.07. The van der Waals surface area contributed by atoms with Gasteiger partial charge in [0, 0.05) is 26.0 Å². The molecule has 17 heavy (non-hydrogen) atoms. The van der Waals surface area contributed by atoms with Gasteiger partial charge in [-0.2, -0.15) is 0 Å². The molecule has 0 fully saturated rings. The Kier molecular flexibility index (Phi) is 3.77. The Morgan fingerprint density at radius 1 is 1.24 bits per heavy atom. The van der Waals surface area contributed by atoms with E-state index in [0.29, 0.717) is 0 Å². The van der Waals surface area contributed by atoms with Crippen molar-refractivity contribution in [2.24, 2.45) is 7.05 Å². The van der Waals surface area contributed by atoms with E-state index in [2.05, 4.69) is 22.4 Å². The summed E-state index contributed by atoms with van der Waals surface area (Å²) in [5.41, 5.74) is 1.24. The zero-order valence-corrected chi connectivity index (χ0v) is 10.2. The first-order valence-corrected chi connectivity index (χ1v) is 5.59. The van der Waals surface area contributed by atoms with E-state index in [1.54, 1.807) is 7.11 Å². The number of hydrogen-bond donors (Lipinski definition) is 1. The van der Waals surface area contributed by atoms with E-state index in [1.165, 1.54) is 5.56 Å². The molecular weight excluding hydrogens is 214 g/mol. The molecule has 0 bridgehead atoms. The molecule has 1 N–H and O–H groups in total. The van der Waals surface area contributed by atoms with Crippen LogP contribution in [0, 0.1) is 0 Å². The minimum absolute atomic E-state index is 0.773. The van der Waals surface area contributed by atoms with E-state index >= 15 is 0 Å². The normalized spacial score (nSPS) is 10.5. The Morgan fingerprint density at radius 2 is 2.00 bits per heavy atom. The molecule has 90 valence electrons. The lowest BCUT2D eigenvalue weighted by atomic mass is 10.2. The number of aromatic nitrogens is 2. The SMILES string of the molecule is COc1ccc(CNCc2nccn2C)cc1. The second-order valence-corrected chi connectivity index (χ2v) is 3.91. The second kappa shape index (κ2) is 5.50. The van der Waals surface area contributed by atoms with Gasteiger partial charge in [0.25, 0.3) is 0 Å². The Labute approximate surface area is 101 Å². The van der Waals surface area contributed by atoms with Gasteiger partial charge in [0.1, 0.15) is 11.6 Å². The molecule has 1 heterocycles. The van der Waals surface area contributed by atoms with Gasteiger partial charge < -0.3 is 14.6 Å². The van der Waals surface area contributed by atoms with Gasteiger partial charge in [-0.25, -0.2) is 4.98 Å². The van der Waals surface area contributed by atoms with Crippen LogP contribution in [0.25, 0.3) is 0 Å². The number of ether oxygens (including phenoxy) is 1. The number of hydrogen-bond acceptors (Lipinski definition) is 3. The highest BCUT2D eigenvalue weighted by Crippen LogP contribution is 2.10. The van der Waals surface area contributed by atoms with Crippen molar-refractivity contribution < 1.29 is 4.74 Å². The van der Waals surface area contributed by atoms with Gasteiger partial charge in [0.15, 0.2) is 0 Å². The van der Waals surface area contributed by atoms with Crippen LogP contribution in [0.4, 0.5) is 0 Å². The first-order chi connectivity index (χ1) is 8.29. The molecule has 1 aromatic carbocycles. The van der Waals surface area contributed by atoms with Gasteiger partial charge >= 0.3 is 0 Å². The molecule has 0 spiro atoms. The van der Waals surface area contributed by atoms with E-state index in [1.807, 2.05) is 36.1 Å². The standard InChI is InChI=1S/C13H17N3O/c1-16-8-7-15-13(16)10-14-9-11-3-5-12(17-2)6-4-11/h3-8,14H,9-10H2,1-2H3. The summed E-state index contributed by atoms with van der Waals surface area (Å²) in [6, 6.07) is 8.06. The number of rotatable bonds is 5. The highest BCUT2D eigenvalue weighted by molar-refractivity contribution is 5.26. The van der Waals surface area contributed by atoms with E-state index in [4.69, 9.17) is 4.74 Å². The quantitative estimate of drug-likeness (QED) is 0.851. The van der Waals surface area contributed by atoms with Crippen LogP contribution in [0.1, 0.15) is 11.4 Å². The van der Waals surface area contributed by atoms with Crippen molar-refractivity contribution in [2.45, 2.75) is 13.1 Å². The lowest BCUT2D eigenvalue weighted by Crippen LogP contribution is -2.15. The summed E-state index contributed by atoms with van der Waals surface area (Å²) in [5, 5.41) is 3.36. The number of imidazole rings is 1. The fraction of sp³-hybridized carbons (Fsp3) is 0.308. The molecule has 4 heteroatoms. The summed E-state index contributed by atoms with van der Waals surface area (Å²) < 4.78 is 7.13. The molecule has 0 radical (unpaired) electrons. The molecule has 0 atom stereocenters. The van der Waals surface area contributed by atoms with Gasteiger partial charge in [-0.3, -0.25) is 0 Å². The molecule has 2 aromatic rings. The number of methoxy groups -OCH3 is 1. The van der Waals surface area contributed by atoms with Gasteiger partial charge in [-0.05, 0) is 17.7 Å². The molecule has 0 saturated carbocycles. The maximum absolute atomic E-state index is 5.11. The second-order valence-electron chi connectivity index (χ2n) is 3.91.